The zero-order valence-electron chi connectivity index (χ0n) is 24.6. The van der Waals surface area contributed by atoms with Gasteiger partial charge >= 0.3 is 0 Å². The molecule has 2 aromatic carbocycles. The van der Waals surface area contributed by atoms with Crippen molar-refractivity contribution in [3.05, 3.63) is 88.7 Å². The van der Waals surface area contributed by atoms with Crippen molar-refractivity contribution >= 4 is 27.3 Å². The van der Waals surface area contributed by atoms with E-state index in [-0.39, 0.29) is 30.5 Å². The van der Waals surface area contributed by atoms with Gasteiger partial charge in [-0.25, -0.2) is 18.2 Å². The van der Waals surface area contributed by atoms with Crippen molar-refractivity contribution in [1.82, 2.24) is 19.7 Å². The van der Waals surface area contributed by atoms with E-state index in [1.54, 1.807) is 24.6 Å². The summed E-state index contributed by atoms with van der Waals surface area (Å²) in [5, 5.41) is 18.1. The van der Waals surface area contributed by atoms with Crippen LogP contribution in [0.25, 0.3) is 43.9 Å². The molecular formula is C34H29F3N4O3S. The molecule has 0 saturated heterocycles. The summed E-state index contributed by atoms with van der Waals surface area (Å²) in [5.74, 6) is -3.36. The minimum Gasteiger partial charge on any atom is -0.490 e. The lowest BCUT2D eigenvalue weighted by atomic mass is 9.95. The van der Waals surface area contributed by atoms with Crippen molar-refractivity contribution in [2.45, 2.75) is 52.0 Å². The fourth-order valence-electron chi connectivity index (χ4n) is 6.26. The van der Waals surface area contributed by atoms with Gasteiger partial charge in [0.1, 0.15) is 28.8 Å². The number of rotatable bonds is 6. The highest BCUT2D eigenvalue weighted by atomic mass is 32.1. The average Bonchev–Trinajstić information content (AvgIpc) is 3.74. The van der Waals surface area contributed by atoms with Gasteiger partial charge in [0, 0.05) is 39.9 Å². The number of aliphatic hydroxyl groups excluding tert-OH is 1. The normalized spacial score (nSPS) is 15.9. The minimum atomic E-state index is -1.04. The maximum absolute atomic E-state index is 16.0. The Balaban J connectivity index is 1.49. The van der Waals surface area contributed by atoms with Crippen LogP contribution in [0.1, 0.15) is 43.2 Å². The highest BCUT2D eigenvalue weighted by molar-refractivity contribution is 7.18. The third-order valence-electron chi connectivity index (χ3n) is 8.26. The Hall–Kier alpha value is -4.48. The highest BCUT2D eigenvalue weighted by Gasteiger charge is 2.30. The summed E-state index contributed by atoms with van der Waals surface area (Å²) in [6.07, 6.45) is 0.514. The minimum absolute atomic E-state index is 0.0378. The number of thiophene rings is 1. The van der Waals surface area contributed by atoms with E-state index in [9.17, 15) is 18.7 Å². The van der Waals surface area contributed by atoms with Crippen LogP contribution in [-0.4, -0.2) is 43.3 Å². The fourth-order valence-corrected chi connectivity index (χ4v) is 7.20. The topological polar surface area (TPSA) is 80.5 Å². The molecule has 1 N–H and O–H groups in total. The van der Waals surface area contributed by atoms with Crippen LogP contribution in [0.2, 0.25) is 0 Å². The smallest absolute Gasteiger partial charge is 0.282 e. The zero-order chi connectivity index (χ0) is 31.6. The first-order chi connectivity index (χ1) is 21.6. The zero-order valence-corrected chi connectivity index (χ0v) is 25.4. The predicted molar refractivity (Wildman–Crippen MR) is 166 cm³/mol. The largest absolute Gasteiger partial charge is 0.490 e. The second kappa shape index (κ2) is 11.1. The molecule has 1 atom stereocenters. The summed E-state index contributed by atoms with van der Waals surface area (Å²) in [4.78, 5) is 18.8. The van der Waals surface area contributed by atoms with Crippen molar-refractivity contribution < 1.29 is 27.8 Å². The standard InChI is InChI=1S/C34H29F3N4O3S/c1-17(2)44-28-14-21(36)13-25(37)29(28)30-32(26-15-22-16-40(34(43)18(3)35)9-10-41(22)39-26)38-31(23-8-11-45-33(23)30)20-5-4-19-6-7-27(42)24(19)12-20/h4-5,8,11-15,17,27,42H,3,6-7,9-10,16H2,1-2H3/t27-/m0/s1. The number of fused-ring (bicyclic) bond motifs is 3. The molecule has 5 aromatic rings. The van der Waals surface area contributed by atoms with E-state index in [1.165, 1.54) is 22.3 Å². The molecule has 4 heterocycles. The lowest BCUT2D eigenvalue weighted by Gasteiger charge is -2.26. The number of aliphatic hydroxyl groups is 1. The molecule has 1 aliphatic heterocycles. The van der Waals surface area contributed by atoms with E-state index in [2.05, 4.69) is 6.58 Å². The van der Waals surface area contributed by atoms with Crippen molar-refractivity contribution in [1.29, 1.82) is 0 Å². The van der Waals surface area contributed by atoms with E-state index >= 15 is 4.39 Å². The van der Waals surface area contributed by atoms with Gasteiger partial charge in [0.2, 0.25) is 0 Å². The molecule has 0 unspecified atom stereocenters. The van der Waals surface area contributed by atoms with Crippen molar-refractivity contribution in [2.24, 2.45) is 0 Å². The molecule has 0 fully saturated rings. The molecule has 11 heteroatoms. The Kier molecular flexibility index (Phi) is 7.25. The summed E-state index contributed by atoms with van der Waals surface area (Å²) in [6, 6.07) is 11.6. The number of carbonyl (C=O) groups is 1. The molecule has 0 radical (unpaired) electrons. The van der Waals surface area contributed by atoms with Crippen molar-refractivity contribution in [3.63, 3.8) is 0 Å². The fraction of sp³-hybridized carbons (Fsp3) is 0.265. The van der Waals surface area contributed by atoms with Crippen LogP contribution in [0.15, 0.2) is 60.3 Å². The maximum atomic E-state index is 16.0. The van der Waals surface area contributed by atoms with E-state index in [1.807, 2.05) is 29.6 Å². The lowest BCUT2D eigenvalue weighted by molar-refractivity contribution is -0.130. The van der Waals surface area contributed by atoms with Crippen LogP contribution in [0.3, 0.4) is 0 Å². The number of pyridine rings is 1. The van der Waals surface area contributed by atoms with E-state index in [0.29, 0.717) is 46.0 Å². The van der Waals surface area contributed by atoms with E-state index < -0.39 is 29.5 Å². The molecule has 230 valence electrons. The van der Waals surface area contributed by atoms with Gasteiger partial charge in [-0.1, -0.05) is 18.7 Å². The summed E-state index contributed by atoms with van der Waals surface area (Å²) in [5.41, 5.74) is 5.21. The molecule has 0 bridgehead atoms. The van der Waals surface area contributed by atoms with Crippen LogP contribution in [0, 0.1) is 11.6 Å². The number of hydrogen-bond acceptors (Lipinski definition) is 6. The molecule has 1 aliphatic carbocycles. The SMILES string of the molecule is C=C(F)C(=O)N1CCn2nc(-c3nc(-c4ccc5c(c4)[C@@H](O)CC5)c4ccsc4c3-c3c(F)cc(F)cc3OC(C)C)cc2C1. The summed E-state index contributed by atoms with van der Waals surface area (Å²) < 4.78 is 52.6. The number of amides is 1. The number of benzene rings is 2. The van der Waals surface area contributed by atoms with Crippen LogP contribution in [0.5, 0.6) is 5.75 Å². The first-order valence-corrected chi connectivity index (χ1v) is 15.6. The molecule has 3 aromatic heterocycles. The van der Waals surface area contributed by atoms with Crippen molar-refractivity contribution in [2.75, 3.05) is 6.54 Å². The van der Waals surface area contributed by atoms with E-state index in [4.69, 9.17) is 14.8 Å². The molecule has 7 rings (SSSR count). The molecule has 45 heavy (non-hydrogen) atoms. The molecule has 7 nitrogen and oxygen atoms in total. The van der Waals surface area contributed by atoms with Gasteiger partial charge in [-0.3, -0.25) is 9.48 Å². The number of aromatic nitrogens is 3. The average molecular weight is 631 g/mol. The Morgan fingerprint density at radius 3 is 2.71 bits per heavy atom. The monoisotopic (exact) mass is 630 g/mol. The van der Waals surface area contributed by atoms with Gasteiger partial charge in [0.25, 0.3) is 5.91 Å². The number of ether oxygens (including phenoxy) is 1. The molecular weight excluding hydrogens is 601 g/mol. The van der Waals surface area contributed by atoms with Gasteiger partial charge in [-0.2, -0.15) is 5.10 Å². The number of carbonyl (C=O) groups excluding carboxylic acids is 1. The Morgan fingerprint density at radius 1 is 1.11 bits per heavy atom. The number of hydrogen-bond donors (Lipinski definition) is 1. The van der Waals surface area contributed by atoms with E-state index in [0.717, 1.165) is 34.6 Å². The maximum Gasteiger partial charge on any atom is 0.282 e. The first kappa shape index (κ1) is 29.2. The van der Waals surface area contributed by atoms with Gasteiger partial charge < -0.3 is 14.7 Å². The third-order valence-corrected chi connectivity index (χ3v) is 9.20. The number of halogens is 3. The first-order valence-electron chi connectivity index (χ1n) is 14.7. The molecule has 1 amide bonds. The highest BCUT2D eigenvalue weighted by Crippen LogP contribution is 2.48. The molecule has 0 saturated carbocycles. The summed E-state index contributed by atoms with van der Waals surface area (Å²) >= 11 is 1.39. The second-order valence-corrected chi connectivity index (χ2v) is 12.5. The third kappa shape index (κ3) is 5.09. The number of aryl methyl sites for hydroxylation is 1. The lowest BCUT2D eigenvalue weighted by Crippen LogP contribution is -2.38. The Morgan fingerprint density at radius 2 is 1.93 bits per heavy atom. The van der Waals surface area contributed by atoms with Crippen molar-refractivity contribution in [3.8, 4) is 39.5 Å². The van der Waals surface area contributed by atoms with Crippen LogP contribution >= 0.6 is 11.3 Å². The predicted octanol–water partition coefficient (Wildman–Crippen LogP) is 7.36. The van der Waals surface area contributed by atoms with Gasteiger partial charge in [0.05, 0.1) is 42.2 Å². The molecule has 2 aliphatic rings. The molecule has 0 spiro atoms. The van der Waals surface area contributed by atoms with Gasteiger partial charge in [-0.05, 0) is 61.4 Å². The number of nitrogens with zero attached hydrogens (tertiary/aromatic N) is 4. The summed E-state index contributed by atoms with van der Waals surface area (Å²) in [7, 11) is 0. The van der Waals surface area contributed by atoms with Gasteiger partial charge in [0.15, 0.2) is 5.83 Å². The van der Waals surface area contributed by atoms with Crippen LogP contribution < -0.4 is 4.74 Å². The Labute approximate surface area is 261 Å². The van der Waals surface area contributed by atoms with Gasteiger partial charge in [-0.15, -0.1) is 11.3 Å². The van der Waals surface area contributed by atoms with Crippen LogP contribution in [-0.2, 0) is 24.3 Å². The Bertz CT molecular complexity index is 2020. The quantitative estimate of drug-likeness (QED) is 0.198. The summed E-state index contributed by atoms with van der Waals surface area (Å²) in [6.45, 7) is 7.35. The van der Waals surface area contributed by atoms with Crippen LogP contribution in [0.4, 0.5) is 13.2 Å². The second-order valence-electron chi connectivity index (χ2n) is 11.6.